The van der Waals surface area contributed by atoms with E-state index >= 15 is 0 Å². The average Bonchev–Trinajstić information content (AvgIpc) is 3.41. The second-order valence-electron chi connectivity index (χ2n) is 7.67. The summed E-state index contributed by atoms with van der Waals surface area (Å²) in [5, 5.41) is 2.94. The topological polar surface area (TPSA) is 97.8 Å². The lowest BCUT2D eigenvalue weighted by atomic mass is 9.97. The van der Waals surface area contributed by atoms with E-state index in [-0.39, 0.29) is 23.5 Å². The predicted molar refractivity (Wildman–Crippen MR) is 117 cm³/mol. The van der Waals surface area contributed by atoms with Crippen molar-refractivity contribution < 1.29 is 22.7 Å². The Labute approximate surface area is 183 Å². The zero-order chi connectivity index (χ0) is 21.6. The van der Waals surface area contributed by atoms with Crippen molar-refractivity contribution in [2.24, 2.45) is 5.92 Å². The predicted octanol–water partition coefficient (Wildman–Crippen LogP) is 3.37. The first kappa shape index (κ1) is 20.2. The monoisotopic (exact) mass is 459 g/mol. The number of hydrogen-bond donors (Lipinski definition) is 1. The second-order valence-corrected chi connectivity index (χ2v) is 10.5. The maximum Gasteiger partial charge on any atom is 0.243 e. The molecule has 8 nitrogen and oxygen atoms in total. The van der Waals surface area contributed by atoms with Crippen LogP contribution in [0.25, 0.3) is 10.2 Å². The van der Waals surface area contributed by atoms with Crippen LogP contribution in [0.15, 0.2) is 40.7 Å². The summed E-state index contributed by atoms with van der Waals surface area (Å²) >= 11 is 1.55. The lowest BCUT2D eigenvalue weighted by Crippen LogP contribution is -2.41. The van der Waals surface area contributed by atoms with E-state index in [1.54, 1.807) is 29.8 Å². The van der Waals surface area contributed by atoms with Crippen LogP contribution < -0.4 is 14.8 Å². The minimum atomic E-state index is -3.68. The normalized spacial score (nSPS) is 17.2. The van der Waals surface area contributed by atoms with Crippen LogP contribution in [0.1, 0.15) is 18.4 Å². The minimum absolute atomic E-state index is 0.0915. The van der Waals surface area contributed by atoms with Crippen LogP contribution >= 0.6 is 11.3 Å². The summed E-state index contributed by atoms with van der Waals surface area (Å²) in [6.45, 7) is 2.42. The fourth-order valence-electron chi connectivity index (χ4n) is 3.98. The van der Waals surface area contributed by atoms with Gasteiger partial charge >= 0.3 is 0 Å². The summed E-state index contributed by atoms with van der Waals surface area (Å²) in [5.41, 5.74) is 3.94. The van der Waals surface area contributed by atoms with Crippen LogP contribution in [-0.4, -0.2) is 43.5 Å². The Kier molecular flexibility index (Phi) is 5.07. The van der Waals surface area contributed by atoms with E-state index in [0.717, 1.165) is 10.2 Å². The number of sulfonamides is 1. The number of hydrogen-bond acceptors (Lipinski definition) is 7. The van der Waals surface area contributed by atoms with Gasteiger partial charge in [0.2, 0.25) is 22.7 Å². The number of anilines is 1. The minimum Gasteiger partial charge on any atom is -0.454 e. The summed E-state index contributed by atoms with van der Waals surface area (Å²) in [4.78, 5) is 17.2. The molecule has 1 N–H and O–H groups in total. The van der Waals surface area contributed by atoms with E-state index in [2.05, 4.69) is 10.3 Å². The molecule has 3 heterocycles. The number of piperidine rings is 1. The molecule has 2 aliphatic heterocycles. The number of rotatable bonds is 4. The summed E-state index contributed by atoms with van der Waals surface area (Å²) in [5.74, 6) is 0.666. The van der Waals surface area contributed by atoms with Crippen LogP contribution in [0, 0.1) is 12.8 Å². The number of aryl methyl sites for hydroxylation is 1. The number of benzene rings is 2. The Bertz CT molecular complexity index is 1260. The van der Waals surface area contributed by atoms with Crippen molar-refractivity contribution in [1.82, 2.24) is 9.29 Å². The SMILES string of the molecule is Cc1cc2c(cc1S(=O)(=O)N1CCC(C(=O)Nc3ccc4scnc4c3)CC1)OCO2. The Hall–Kier alpha value is -2.69. The first-order valence-corrected chi connectivity index (χ1v) is 12.3. The maximum atomic E-state index is 13.2. The third kappa shape index (κ3) is 3.75. The molecule has 2 aromatic carbocycles. The highest BCUT2D eigenvalue weighted by Gasteiger charge is 2.34. The summed E-state index contributed by atoms with van der Waals surface area (Å²) in [6.07, 6.45) is 0.932. The van der Waals surface area contributed by atoms with Crippen molar-refractivity contribution in [2.45, 2.75) is 24.7 Å². The van der Waals surface area contributed by atoms with Crippen LogP contribution in [0.3, 0.4) is 0 Å². The summed E-state index contributed by atoms with van der Waals surface area (Å²) in [6, 6.07) is 8.87. The zero-order valence-electron chi connectivity index (χ0n) is 16.8. The average molecular weight is 460 g/mol. The van der Waals surface area contributed by atoms with Gasteiger partial charge in [-0.3, -0.25) is 4.79 Å². The van der Waals surface area contributed by atoms with Gasteiger partial charge in [0.25, 0.3) is 0 Å². The standard InChI is InChI=1S/C21H21N3O5S2/c1-13-8-17-18(29-12-28-17)10-20(13)31(26,27)24-6-4-14(5-7-24)21(25)23-15-2-3-19-16(9-15)22-11-30-19/h2-3,8-11,14H,4-7,12H2,1H3,(H,23,25). The number of ether oxygens (including phenoxy) is 2. The molecule has 1 saturated heterocycles. The molecule has 1 amide bonds. The van der Waals surface area contributed by atoms with Crippen LogP contribution in [-0.2, 0) is 14.8 Å². The first-order valence-electron chi connectivity index (χ1n) is 9.96. The number of nitrogens with zero attached hydrogens (tertiary/aromatic N) is 2. The summed E-state index contributed by atoms with van der Waals surface area (Å²) in [7, 11) is -3.68. The van der Waals surface area contributed by atoms with E-state index in [1.165, 1.54) is 10.4 Å². The van der Waals surface area contributed by atoms with E-state index in [4.69, 9.17) is 9.47 Å². The van der Waals surface area contributed by atoms with Gasteiger partial charge in [-0.05, 0) is 49.6 Å². The Morgan fingerprint density at radius 1 is 1.16 bits per heavy atom. The quantitative estimate of drug-likeness (QED) is 0.642. The Balaban J connectivity index is 1.26. The highest BCUT2D eigenvalue weighted by molar-refractivity contribution is 7.89. The molecule has 0 unspecified atom stereocenters. The van der Waals surface area contributed by atoms with Crippen molar-refractivity contribution in [2.75, 3.05) is 25.2 Å². The number of thiazole rings is 1. The molecular formula is C21H21N3O5S2. The molecule has 31 heavy (non-hydrogen) atoms. The van der Waals surface area contributed by atoms with Crippen LogP contribution in [0.4, 0.5) is 5.69 Å². The molecule has 5 rings (SSSR count). The van der Waals surface area contributed by atoms with E-state index in [0.29, 0.717) is 48.7 Å². The van der Waals surface area contributed by atoms with Gasteiger partial charge in [-0.25, -0.2) is 13.4 Å². The Morgan fingerprint density at radius 2 is 1.90 bits per heavy atom. The van der Waals surface area contributed by atoms with E-state index < -0.39 is 10.0 Å². The molecule has 2 aliphatic rings. The highest BCUT2D eigenvalue weighted by atomic mass is 32.2. The third-order valence-corrected chi connectivity index (χ3v) is 8.56. The zero-order valence-corrected chi connectivity index (χ0v) is 18.5. The van der Waals surface area contributed by atoms with Crippen LogP contribution in [0.2, 0.25) is 0 Å². The fourth-order valence-corrected chi connectivity index (χ4v) is 6.33. The largest absolute Gasteiger partial charge is 0.454 e. The highest BCUT2D eigenvalue weighted by Crippen LogP contribution is 2.37. The summed E-state index contributed by atoms with van der Waals surface area (Å²) < 4.78 is 39.6. The lowest BCUT2D eigenvalue weighted by Gasteiger charge is -2.31. The lowest BCUT2D eigenvalue weighted by molar-refractivity contribution is -0.120. The van der Waals surface area contributed by atoms with Gasteiger partial charge in [0.15, 0.2) is 11.5 Å². The fraction of sp³-hybridized carbons (Fsp3) is 0.333. The third-order valence-electron chi connectivity index (χ3n) is 5.71. The van der Waals surface area contributed by atoms with Crippen molar-refractivity contribution in [3.63, 3.8) is 0 Å². The van der Waals surface area contributed by atoms with Gasteiger partial charge in [-0.15, -0.1) is 11.3 Å². The smallest absolute Gasteiger partial charge is 0.243 e. The van der Waals surface area contributed by atoms with Crippen LogP contribution in [0.5, 0.6) is 11.5 Å². The van der Waals surface area contributed by atoms with Gasteiger partial charge in [-0.1, -0.05) is 0 Å². The number of carbonyl (C=O) groups is 1. The molecular weight excluding hydrogens is 438 g/mol. The van der Waals surface area contributed by atoms with Gasteiger partial charge in [0.05, 0.1) is 20.6 Å². The molecule has 162 valence electrons. The number of nitrogens with one attached hydrogen (secondary N) is 1. The molecule has 10 heteroatoms. The number of carbonyl (C=O) groups excluding carboxylic acids is 1. The number of amides is 1. The molecule has 1 fully saturated rings. The van der Waals surface area contributed by atoms with Crippen molar-refractivity contribution in [1.29, 1.82) is 0 Å². The number of fused-ring (bicyclic) bond motifs is 2. The first-order chi connectivity index (χ1) is 14.9. The van der Waals surface area contributed by atoms with Crippen molar-refractivity contribution in [3.05, 3.63) is 41.4 Å². The second kappa shape index (κ2) is 7.77. The molecule has 0 saturated carbocycles. The van der Waals surface area contributed by atoms with Gasteiger partial charge < -0.3 is 14.8 Å². The van der Waals surface area contributed by atoms with Gasteiger partial charge in [-0.2, -0.15) is 4.31 Å². The molecule has 1 aromatic heterocycles. The molecule has 0 atom stereocenters. The molecule has 0 radical (unpaired) electrons. The van der Waals surface area contributed by atoms with E-state index in [9.17, 15) is 13.2 Å². The molecule has 0 spiro atoms. The van der Waals surface area contributed by atoms with Gasteiger partial charge in [0.1, 0.15) is 0 Å². The molecule has 0 bridgehead atoms. The van der Waals surface area contributed by atoms with Crippen molar-refractivity contribution >= 4 is 43.2 Å². The Morgan fingerprint density at radius 3 is 2.68 bits per heavy atom. The van der Waals surface area contributed by atoms with E-state index in [1.807, 2.05) is 18.2 Å². The maximum absolute atomic E-state index is 13.2. The van der Waals surface area contributed by atoms with Crippen molar-refractivity contribution in [3.8, 4) is 11.5 Å². The van der Waals surface area contributed by atoms with Gasteiger partial charge in [0, 0.05) is 30.8 Å². The molecule has 3 aromatic rings. The molecule has 0 aliphatic carbocycles. The number of aromatic nitrogens is 1.